The van der Waals surface area contributed by atoms with E-state index in [2.05, 4.69) is 44.6 Å². The largest absolute Gasteiger partial charge is 0.354 e. The third-order valence-corrected chi connectivity index (χ3v) is 4.47. The summed E-state index contributed by atoms with van der Waals surface area (Å²) in [6, 6.07) is 11.7. The van der Waals surface area contributed by atoms with Crippen LogP contribution in [0.4, 0.5) is 17.5 Å². The maximum absolute atomic E-state index is 6.37. The molecule has 0 fully saturated rings. The van der Waals surface area contributed by atoms with Gasteiger partial charge < -0.3 is 15.5 Å². The molecule has 0 saturated heterocycles. The molecule has 0 unspecified atom stereocenters. The summed E-state index contributed by atoms with van der Waals surface area (Å²) in [5.41, 5.74) is 3.72. The lowest BCUT2D eigenvalue weighted by Gasteiger charge is -2.13. The van der Waals surface area contributed by atoms with Gasteiger partial charge in [-0.2, -0.15) is 4.98 Å². The van der Waals surface area contributed by atoms with Gasteiger partial charge in [0, 0.05) is 30.6 Å². The number of anilines is 3. The normalized spacial score (nSPS) is 10.9. The second-order valence-corrected chi connectivity index (χ2v) is 7.30. The molecule has 0 aliphatic rings. The summed E-state index contributed by atoms with van der Waals surface area (Å²) in [6.07, 6.45) is 4.51. The highest BCUT2D eigenvalue weighted by Gasteiger charge is 2.09. The van der Waals surface area contributed by atoms with E-state index in [1.54, 1.807) is 12.4 Å². The van der Waals surface area contributed by atoms with Crippen LogP contribution in [0.15, 0.2) is 48.8 Å². The quantitative estimate of drug-likeness (QED) is 0.542. The van der Waals surface area contributed by atoms with Crippen molar-refractivity contribution in [3.63, 3.8) is 0 Å². The molecule has 2 N–H and O–H groups in total. The molecular weight excluding hydrogens is 372 g/mol. The van der Waals surface area contributed by atoms with Gasteiger partial charge in [-0.05, 0) is 63.8 Å². The first-order chi connectivity index (χ1) is 13.5. The molecule has 1 aromatic carbocycles. The van der Waals surface area contributed by atoms with Gasteiger partial charge in [0.05, 0.1) is 16.4 Å². The molecule has 0 spiro atoms. The van der Waals surface area contributed by atoms with Crippen LogP contribution in [0.1, 0.15) is 12.0 Å². The zero-order chi connectivity index (χ0) is 19.9. The number of aromatic nitrogens is 3. The SMILES string of the molecule is Cc1ccc(Nc2cc(-c3ccncc3)nc(NCCCN(C)C)n2)c(Cl)c1. The molecule has 0 aliphatic heterocycles. The van der Waals surface area contributed by atoms with Crippen molar-refractivity contribution in [3.8, 4) is 11.3 Å². The number of nitrogens with one attached hydrogen (secondary N) is 2. The molecule has 2 heterocycles. The third kappa shape index (κ3) is 5.65. The molecule has 2 aromatic heterocycles. The van der Waals surface area contributed by atoms with Crippen LogP contribution in [0, 0.1) is 6.92 Å². The summed E-state index contributed by atoms with van der Waals surface area (Å²) in [4.78, 5) is 15.5. The number of nitrogens with zero attached hydrogens (tertiary/aromatic N) is 4. The lowest BCUT2D eigenvalue weighted by molar-refractivity contribution is 0.405. The minimum Gasteiger partial charge on any atom is -0.354 e. The first-order valence-electron chi connectivity index (χ1n) is 9.22. The van der Waals surface area contributed by atoms with Crippen molar-refractivity contribution < 1.29 is 0 Å². The van der Waals surface area contributed by atoms with Crippen molar-refractivity contribution in [2.75, 3.05) is 37.8 Å². The number of pyridine rings is 1. The fourth-order valence-corrected chi connectivity index (χ4v) is 3.00. The van der Waals surface area contributed by atoms with Crippen molar-refractivity contribution in [1.29, 1.82) is 0 Å². The standard InChI is InChI=1S/C21H25ClN6/c1-15-5-6-18(17(22)13-15)25-20-14-19(16-7-10-23-11-8-16)26-21(27-20)24-9-4-12-28(2)3/h5-8,10-11,13-14H,4,9,12H2,1-3H3,(H2,24,25,26,27). The number of rotatable bonds is 8. The fraction of sp³-hybridized carbons (Fsp3) is 0.286. The van der Waals surface area contributed by atoms with Crippen LogP contribution >= 0.6 is 11.6 Å². The highest BCUT2D eigenvalue weighted by atomic mass is 35.5. The monoisotopic (exact) mass is 396 g/mol. The average Bonchev–Trinajstić information content (AvgIpc) is 2.68. The highest BCUT2D eigenvalue weighted by Crippen LogP contribution is 2.28. The van der Waals surface area contributed by atoms with Crippen LogP contribution < -0.4 is 10.6 Å². The minimum absolute atomic E-state index is 0.582. The van der Waals surface area contributed by atoms with E-state index in [0.29, 0.717) is 16.8 Å². The van der Waals surface area contributed by atoms with E-state index in [-0.39, 0.29) is 0 Å². The van der Waals surface area contributed by atoms with Crippen LogP contribution in [0.5, 0.6) is 0 Å². The summed E-state index contributed by atoms with van der Waals surface area (Å²) >= 11 is 6.37. The van der Waals surface area contributed by atoms with E-state index in [9.17, 15) is 0 Å². The lowest BCUT2D eigenvalue weighted by atomic mass is 10.2. The molecule has 3 rings (SSSR count). The van der Waals surface area contributed by atoms with Crippen LogP contribution in [-0.2, 0) is 0 Å². The number of aryl methyl sites for hydroxylation is 1. The third-order valence-electron chi connectivity index (χ3n) is 4.15. The van der Waals surface area contributed by atoms with E-state index in [4.69, 9.17) is 11.6 Å². The van der Waals surface area contributed by atoms with E-state index >= 15 is 0 Å². The predicted octanol–water partition coefficient (Wildman–Crippen LogP) is 4.61. The van der Waals surface area contributed by atoms with E-state index in [1.165, 1.54) is 0 Å². The molecule has 0 aliphatic carbocycles. The highest BCUT2D eigenvalue weighted by molar-refractivity contribution is 6.33. The second-order valence-electron chi connectivity index (χ2n) is 6.89. The summed E-state index contributed by atoms with van der Waals surface area (Å²) in [6.45, 7) is 3.81. The minimum atomic E-state index is 0.582. The zero-order valence-electron chi connectivity index (χ0n) is 16.4. The first-order valence-corrected chi connectivity index (χ1v) is 9.60. The Labute approximate surface area is 171 Å². The Hall–Kier alpha value is -2.70. The second kappa shape index (κ2) is 9.48. The van der Waals surface area contributed by atoms with Crippen molar-refractivity contribution in [1.82, 2.24) is 19.9 Å². The smallest absolute Gasteiger partial charge is 0.225 e. The Bertz CT molecular complexity index is 914. The Kier molecular flexibility index (Phi) is 6.79. The van der Waals surface area contributed by atoms with E-state index < -0.39 is 0 Å². The van der Waals surface area contributed by atoms with Gasteiger partial charge in [-0.1, -0.05) is 17.7 Å². The average molecular weight is 397 g/mol. The maximum Gasteiger partial charge on any atom is 0.225 e. The Morgan fingerprint density at radius 3 is 2.54 bits per heavy atom. The Balaban J connectivity index is 1.86. The van der Waals surface area contributed by atoms with Crippen LogP contribution in [0.3, 0.4) is 0 Å². The molecule has 3 aromatic rings. The summed E-state index contributed by atoms with van der Waals surface area (Å²) < 4.78 is 0. The van der Waals surface area contributed by atoms with Crippen LogP contribution in [-0.4, -0.2) is 47.0 Å². The van der Waals surface area contributed by atoms with Gasteiger partial charge in [-0.25, -0.2) is 4.98 Å². The molecular formula is C21H25ClN6. The predicted molar refractivity (Wildman–Crippen MR) is 116 cm³/mol. The maximum atomic E-state index is 6.37. The fourth-order valence-electron chi connectivity index (χ4n) is 2.72. The molecule has 6 nitrogen and oxygen atoms in total. The summed E-state index contributed by atoms with van der Waals surface area (Å²) in [5.74, 6) is 1.27. The van der Waals surface area contributed by atoms with E-state index in [1.807, 2.05) is 43.3 Å². The van der Waals surface area contributed by atoms with Gasteiger partial charge in [0.25, 0.3) is 0 Å². The molecule has 28 heavy (non-hydrogen) atoms. The van der Waals surface area contributed by atoms with Gasteiger partial charge in [0.2, 0.25) is 5.95 Å². The molecule has 7 heteroatoms. The summed E-state index contributed by atoms with van der Waals surface area (Å²) in [7, 11) is 4.13. The Morgan fingerprint density at radius 1 is 1.04 bits per heavy atom. The lowest BCUT2D eigenvalue weighted by Crippen LogP contribution is -2.17. The topological polar surface area (TPSA) is 66.0 Å². The molecule has 0 saturated carbocycles. The molecule has 0 bridgehead atoms. The number of hydrogen-bond acceptors (Lipinski definition) is 6. The number of benzene rings is 1. The van der Waals surface area contributed by atoms with Gasteiger partial charge in [-0.15, -0.1) is 0 Å². The molecule has 0 radical (unpaired) electrons. The molecule has 146 valence electrons. The molecule has 0 amide bonds. The Morgan fingerprint density at radius 2 is 1.82 bits per heavy atom. The number of halogens is 1. The van der Waals surface area contributed by atoms with Gasteiger partial charge in [0.15, 0.2) is 0 Å². The van der Waals surface area contributed by atoms with Crippen molar-refractivity contribution in [3.05, 3.63) is 59.4 Å². The van der Waals surface area contributed by atoms with Crippen LogP contribution in [0.25, 0.3) is 11.3 Å². The first kappa shape index (κ1) is 20.0. The van der Waals surface area contributed by atoms with Crippen molar-refractivity contribution >= 4 is 29.1 Å². The number of hydrogen-bond donors (Lipinski definition) is 2. The van der Waals surface area contributed by atoms with Gasteiger partial charge in [0.1, 0.15) is 5.82 Å². The summed E-state index contributed by atoms with van der Waals surface area (Å²) in [5, 5.41) is 7.29. The van der Waals surface area contributed by atoms with Gasteiger partial charge >= 0.3 is 0 Å². The zero-order valence-corrected chi connectivity index (χ0v) is 17.2. The van der Waals surface area contributed by atoms with Gasteiger partial charge in [-0.3, -0.25) is 4.98 Å². The molecule has 0 atom stereocenters. The van der Waals surface area contributed by atoms with Crippen LogP contribution in [0.2, 0.25) is 5.02 Å². The van der Waals surface area contributed by atoms with E-state index in [0.717, 1.165) is 42.0 Å². The van der Waals surface area contributed by atoms with Crippen molar-refractivity contribution in [2.45, 2.75) is 13.3 Å². The van der Waals surface area contributed by atoms with Crippen molar-refractivity contribution in [2.24, 2.45) is 0 Å².